The van der Waals surface area contributed by atoms with Crippen molar-refractivity contribution in [3.8, 4) is 5.75 Å². The first-order chi connectivity index (χ1) is 8.56. The zero-order chi connectivity index (χ0) is 13.1. The van der Waals surface area contributed by atoms with Crippen LogP contribution in [0.3, 0.4) is 0 Å². The van der Waals surface area contributed by atoms with Gasteiger partial charge in [-0.05, 0) is 36.5 Å². The molecule has 0 amide bonds. The third-order valence-electron chi connectivity index (χ3n) is 3.61. The van der Waals surface area contributed by atoms with E-state index in [2.05, 4.69) is 12.2 Å². The minimum absolute atomic E-state index is 0.425. The molecule has 0 bridgehead atoms. The Morgan fingerprint density at radius 1 is 1.28 bits per heavy atom. The molecule has 0 aromatic heterocycles. The van der Waals surface area contributed by atoms with Crippen LogP contribution < -0.4 is 5.32 Å². The molecule has 2 nitrogen and oxygen atoms in total. The van der Waals surface area contributed by atoms with Gasteiger partial charge < -0.3 is 10.4 Å². The van der Waals surface area contributed by atoms with Crippen LogP contribution in [0.5, 0.6) is 5.75 Å². The molecule has 0 radical (unpaired) electrons. The lowest BCUT2D eigenvalue weighted by atomic mass is 9.87. The number of phenolic OH excluding ortho intramolecular Hbond substituents is 1. The number of rotatable bonds is 3. The zero-order valence-corrected chi connectivity index (χ0v) is 10.5. The molecule has 0 saturated heterocycles. The Bertz CT molecular complexity index is 399. The van der Waals surface area contributed by atoms with Crippen LogP contribution in [0.25, 0.3) is 0 Å². The van der Waals surface area contributed by atoms with Crippen molar-refractivity contribution >= 4 is 0 Å². The molecule has 4 heteroatoms. The summed E-state index contributed by atoms with van der Waals surface area (Å²) >= 11 is 0. The maximum atomic E-state index is 13.1. The van der Waals surface area contributed by atoms with Gasteiger partial charge in [0, 0.05) is 12.6 Å². The fourth-order valence-corrected chi connectivity index (χ4v) is 2.60. The Hall–Kier alpha value is -1.16. The van der Waals surface area contributed by atoms with Gasteiger partial charge in [-0.3, -0.25) is 0 Å². The normalized spacial score (nSPS) is 24.2. The van der Waals surface area contributed by atoms with Crippen molar-refractivity contribution in [2.75, 3.05) is 0 Å². The smallest absolute Gasteiger partial charge is 0.187 e. The number of phenols is 1. The third-order valence-corrected chi connectivity index (χ3v) is 3.61. The van der Waals surface area contributed by atoms with Crippen molar-refractivity contribution in [3.63, 3.8) is 0 Å². The predicted molar refractivity (Wildman–Crippen MR) is 66.3 cm³/mol. The van der Waals surface area contributed by atoms with Crippen LogP contribution in [0.2, 0.25) is 0 Å². The molecule has 1 aliphatic carbocycles. The monoisotopic (exact) mass is 255 g/mol. The molecule has 1 aliphatic rings. The van der Waals surface area contributed by atoms with Crippen LogP contribution in [0.4, 0.5) is 8.78 Å². The molecule has 1 fully saturated rings. The molecule has 0 aliphatic heterocycles. The fourth-order valence-electron chi connectivity index (χ4n) is 2.60. The van der Waals surface area contributed by atoms with Crippen molar-refractivity contribution in [2.45, 2.75) is 45.2 Å². The van der Waals surface area contributed by atoms with E-state index in [0.29, 0.717) is 24.1 Å². The van der Waals surface area contributed by atoms with E-state index in [0.717, 1.165) is 12.8 Å². The maximum Gasteiger partial charge on any atom is 0.187 e. The molecular weight excluding hydrogens is 236 g/mol. The van der Waals surface area contributed by atoms with Crippen molar-refractivity contribution in [2.24, 2.45) is 5.92 Å². The molecule has 1 saturated carbocycles. The summed E-state index contributed by atoms with van der Waals surface area (Å²) in [4.78, 5) is 0. The predicted octanol–water partition coefficient (Wildman–Crippen LogP) is 3.34. The molecular formula is C14H19F2NO. The standard InChI is InChI=1S/C14H19F2NO/c1-9-3-2-4-11(5-9)17-8-10-6-12(15)14(18)13(16)7-10/h6-7,9,11,17-18H,2-5,8H2,1H3. The molecule has 1 aromatic carbocycles. The SMILES string of the molecule is CC1CCCC(NCc2cc(F)c(O)c(F)c2)C1. The van der Waals surface area contributed by atoms with E-state index in [1.54, 1.807) is 0 Å². The summed E-state index contributed by atoms with van der Waals surface area (Å²) in [6.07, 6.45) is 4.70. The van der Waals surface area contributed by atoms with Gasteiger partial charge in [0.1, 0.15) is 0 Å². The lowest BCUT2D eigenvalue weighted by Gasteiger charge is -2.27. The summed E-state index contributed by atoms with van der Waals surface area (Å²) in [5.74, 6) is -1.98. The second kappa shape index (κ2) is 5.65. The molecule has 18 heavy (non-hydrogen) atoms. The zero-order valence-electron chi connectivity index (χ0n) is 10.5. The number of benzene rings is 1. The summed E-state index contributed by atoms with van der Waals surface area (Å²) in [5.41, 5.74) is 0.529. The number of hydrogen-bond donors (Lipinski definition) is 2. The summed E-state index contributed by atoms with van der Waals surface area (Å²) in [6.45, 7) is 2.67. The highest BCUT2D eigenvalue weighted by Crippen LogP contribution is 2.25. The number of aromatic hydroxyl groups is 1. The van der Waals surface area contributed by atoms with Crippen LogP contribution >= 0.6 is 0 Å². The van der Waals surface area contributed by atoms with Crippen molar-refractivity contribution in [3.05, 3.63) is 29.3 Å². The van der Waals surface area contributed by atoms with Crippen LogP contribution in [0, 0.1) is 17.6 Å². The summed E-state index contributed by atoms with van der Waals surface area (Å²) in [5, 5.41) is 12.3. The van der Waals surface area contributed by atoms with Gasteiger partial charge in [0.25, 0.3) is 0 Å². The van der Waals surface area contributed by atoms with Crippen molar-refractivity contribution < 1.29 is 13.9 Å². The lowest BCUT2D eigenvalue weighted by Crippen LogP contribution is -2.33. The van der Waals surface area contributed by atoms with Crippen LogP contribution in [-0.4, -0.2) is 11.1 Å². The topological polar surface area (TPSA) is 32.3 Å². The van der Waals surface area contributed by atoms with Gasteiger partial charge in [-0.2, -0.15) is 0 Å². The van der Waals surface area contributed by atoms with E-state index in [1.165, 1.54) is 25.0 Å². The van der Waals surface area contributed by atoms with E-state index < -0.39 is 17.4 Å². The van der Waals surface area contributed by atoms with Gasteiger partial charge in [-0.25, -0.2) is 8.78 Å². The van der Waals surface area contributed by atoms with Crippen LogP contribution in [-0.2, 0) is 6.54 Å². The van der Waals surface area contributed by atoms with E-state index in [-0.39, 0.29) is 0 Å². The summed E-state index contributed by atoms with van der Waals surface area (Å²) < 4.78 is 26.3. The van der Waals surface area contributed by atoms with Crippen LogP contribution in [0.1, 0.15) is 38.2 Å². The highest BCUT2D eigenvalue weighted by Gasteiger charge is 2.18. The Morgan fingerprint density at radius 3 is 2.56 bits per heavy atom. The average molecular weight is 255 g/mol. The first-order valence-corrected chi connectivity index (χ1v) is 6.46. The molecule has 1 aromatic rings. The van der Waals surface area contributed by atoms with Crippen LogP contribution in [0.15, 0.2) is 12.1 Å². The van der Waals surface area contributed by atoms with E-state index in [4.69, 9.17) is 5.11 Å². The van der Waals surface area contributed by atoms with Crippen molar-refractivity contribution in [1.29, 1.82) is 0 Å². The molecule has 2 rings (SSSR count). The molecule has 0 heterocycles. The molecule has 0 spiro atoms. The van der Waals surface area contributed by atoms with Gasteiger partial charge in [0.05, 0.1) is 0 Å². The Kier molecular flexibility index (Phi) is 4.17. The average Bonchev–Trinajstić information content (AvgIpc) is 2.33. The number of hydrogen-bond acceptors (Lipinski definition) is 2. The van der Waals surface area contributed by atoms with Crippen molar-refractivity contribution in [1.82, 2.24) is 5.32 Å². The molecule has 2 N–H and O–H groups in total. The third kappa shape index (κ3) is 3.19. The largest absolute Gasteiger partial charge is 0.503 e. The minimum Gasteiger partial charge on any atom is -0.503 e. The Morgan fingerprint density at radius 2 is 1.94 bits per heavy atom. The van der Waals surface area contributed by atoms with Gasteiger partial charge in [0.15, 0.2) is 17.4 Å². The maximum absolute atomic E-state index is 13.1. The highest BCUT2D eigenvalue weighted by atomic mass is 19.1. The number of halogens is 2. The van der Waals surface area contributed by atoms with Gasteiger partial charge in [-0.15, -0.1) is 0 Å². The van der Waals surface area contributed by atoms with Gasteiger partial charge >= 0.3 is 0 Å². The molecule has 2 atom stereocenters. The molecule has 100 valence electrons. The van der Waals surface area contributed by atoms with E-state index in [1.807, 2.05) is 0 Å². The van der Waals surface area contributed by atoms with E-state index in [9.17, 15) is 8.78 Å². The second-order valence-corrected chi connectivity index (χ2v) is 5.26. The number of nitrogens with one attached hydrogen (secondary N) is 1. The summed E-state index contributed by atoms with van der Waals surface area (Å²) in [6, 6.07) is 2.78. The highest BCUT2D eigenvalue weighted by molar-refractivity contribution is 5.29. The summed E-state index contributed by atoms with van der Waals surface area (Å²) in [7, 11) is 0. The van der Waals surface area contributed by atoms with Gasteiger partial charge in [0.2, 0.25) is 0 Å². The van der Waals surface area contributed by atoms with Gasteiger partial charge in [-0.1, -0.05) is 19.8 Å². The Labute approximate surface area is 106 Å². The lowest BCUT2D eigenvalue weighted by molar-refractivity contribution is 0.300. The fraction of sp³-hybridized carbons (Fsp3) is 0.571. The minimum atomic E-state index is -0.899. The van der Waals surface area contributed by atoms with E-state index >= 15 is 0 Å². The Balaban J connectivity index is 1.94. The first kappa shape index (κ1) is 13.3. The second-order valence-electron chi connectivity index (χ2n) is 5.26. The first-order valence-electron chi connectivity index (χ1n) is 6.46. The quantitative estimate of drug-likeness (QED) is 0.868. The molecule has 2 unspecified atom stereocenters.